The zero-order valence-electron chi connectivity index (χ0n) is 16.1. The number of hydrogen-bond donors (Lipinski definition) is 3. The van der Waals surface area contributed by atoms with E-state index in [4.69, 9.17) is 9.47 Å². The maximum atomic E-state index is 12.4. The Hall–Kier alpha value is -1.70. The van der Waals surface area contributed by atoms with Gasteiger partial charge in [-0.2, -0.15) is 0 Å². The van der Waals surface area contributed by atoms with Crippen LogP contribution in [-0.4, -0.2) is 57.3 Å². The molecule has 7 nitrogen and oxygen atoms in total. The quantitative estimate of drug-likeness (QED) is 0.481. The van der Waals surface area contributed by atoms with Crippen molar-refractivity contribution in [2.24, 2.45) is 17.3 Å². The summed E-state index contributed by atoms with van der Waals surface area (Å²) in [6.07, 6.45) is -2.03. The van der Waals surface area contributed by atoms with Gasteiger partial charge in [-0.15, -0.1) is 0 Å². The number of ether oxygens (including phenoxy) is 2. The van der Waals surface area contributed by atoms with E-state index in [-0.39, 0.29) is 12.0 Å². The molecule has 8 atom stereocenters. The van der Waals surface area contributed by atoms with E-state index in [0.717, 1.165) is 0 Å². The molecule has 0 aromatic rings. The topological polar surface area (TPSA) is 113 Å². The van der Waals surface area contributed by atoms with Gasteiger partial charge in [0.15, 0.2) is 0 Å². The molecule has 0 bridgehead atoms. The Morgan fingerprint density at radius 1 is 1.37 bits per heavy atom. The minimum Gasteiger partial charge on any atom is -0.458 e. The van der Waals surface area contributed by atoms with E-state index in [2.05, 4.69) is 6.58 Å². The number of esters is 2. The summed E-state index contributed by atoms with van der Waals surface area (Å²) in [5.41, 5.74) is -2.02. The number of allylic oxidation sites excluding steroid dienone is 1. The molecule has 150 valence electrons. The number of fused-ring (bicyclic) bond motifs is 3. The lowest BCUT2D eigenvalue weighted by Gasteiger charge is -2.60. The Morgan fingerprint density at radius 3 is 2.59 bits per heavy atom. The predicted molar refractivity (Wildman–Crippen MR) is 95.3 cm³/mol. The Morgan fingerprint density at radius 2 is 2.00 bits per heavy atom. The second-order valence-corrected chi connectivity index (χ2v) is 8.46. The standard InChI is InChI=1S/C20H28O7/c1-6-9(2)17(23)27-14-12-10(3)18(24)26-13(12)15-19(4,25)8-7-11(21)20(15,5)16(14)22/h6,11-16,21-22,25H,3,7-8H2,1-2,4-5H3/b9-6+/t11-,12+,13-,14+,15+,16-,19+,20+/m1/s1. The van der Waals surface area contributed by atoms with Gasteiger partial charge < -0.3 is 24.8 Å². The first-order chi connectivity index (χ1) is 12.5. The summed E-state index contributed by atoms with van der Waals surface area (Å²) >= 11 is 0. The maximum absolute atomic E-state index is 12.4. The Balaban J connectivity index is 2.10. The fourth-order valence-electron chi connectivity index (χ4n) is 5.15. The Bertz CT molecular complexity index is 709. The first-order valence-corrected chi connectivity index (χ1v) is 9.29. The monoisotopic (exact) mass is 380 g/mol. The van der Waals surface area contributed by atoms with Gasteiger partial charge in [-0.05, 0) is 33.6 Å². The molecule has 27 heavy (non-hydrogen) atoms. The van der Waals surface area contributed by atoms with Crippen LogP contribution in [0, 0.1) is 17.3 Å². The Labute approximate surface area is 158 Å². The lowest BCUT2D eigenvalue weighted by atomic mass is 9.49. The molecule has 1 saturated heterocycles. The van der Waals surface area contributed by atoms with Gasteiger partial charge in [0.25, 0.3) is 0 Å². The summed E-state index contributed by atoms with van der Waals surface area (Å²) in [5, 5.41) is 33.0. The first kappa shape index (κ1) is 20.0. The molecule has 3 fully saturated rings. The molecule has 0 amide bonds. The summed E-state index contributed by atoms with van der Waals surface area (Å²) in [4.78, 5) is 24.6. The molecule has 1 aliphatic heterocycles. The van der Waals surface area contributed by atoms with Gasteiger partial charge in [0.2, 0.25) is 0 Å². The molecule has 2 saturated carbocycles. The van der Waals surface area contributed by atoms with Gasteiger partial charge in [-0.25, -0.2) is 9.59 Å². The van der Waals surface area contributed by atoms with Gasteiger partial charge in [0.1, 0.15) is 18.3 Å². The normalized spacial score (nSPS) is 47.1. The highest BCUT2D eigenvalue weighted by Gasteiger charge is 2.70. The number of carbonyl (C=O) groups excluding carboxylic acids is 2. The minimum absolute atomic E-state index is 0.105. The largest absolute Gasteiger partial charge is 0.458 e. The van der Waals surface area contributed by atoms with Crippen molar-refractivity contribution >= 4 is 11.9 Å². The van der Waals surface area contributed by atoms with Crippen LogP contribution in [0.4, 0.5) is 0 Å². The van der Waals surface area contributed by atoms with E-state index in [1.165, 1.54) is 0 Å². The van der Waals surface area contributed by atoms with E-state index in [1.54, 1.807) is 33.8 Å². The fraction of sp³-hybridized carbons (Fsp3) is 0.700. The third-order valence-electron chi connectivity index (χ3n) is 6.87. The van der Waals surface area contributed by atoms with Crippen LogP contribution in [0.25, 0.3) is 0 Å². The molecule has 0 unspecified atom stereocenters. The molecule has 3 rings (SSSR count). The van der Waals surface area contributed by atoms with E-state index in [1.807, 2.05) is 0 Å². The van der Waals surface area contributed by atoms with Crippen molar-refractivity contribution < 1.29 is 34.4 Å². The predicted octanol–water partition coefficient (Wildman–Crippen LogP) is 0.865. The SMILES string of the molecule is C=C1C(=O)O[C@@H]2[C@H]1[C@H](OC(=O)/C(C)=C/C)[C@@H](O)[C@@]1(C)[C@H](O)CC[C@](C)(O)[C@H]21. The molecule has 0 aromatic carbocycles. The average molecular weight is 380 g/mol. The molecule has 7 heteroatoms. The van der Waals surface area contributed by atoms with E-state index in [9.17, 15) is 24.9 Å². The number of hydrogen-bond acceptors (Lipinski definition) is 7. The third kappa shape index (κ3) is 2.75. The molecule has 3 aliphatic rings. The maximum Gasteiger partial charge on any atom is 0.334 e. The minimum atomic E-state index is -1.30. The van der Waals surface area contributed by atoms with Crippen LogP contribution < -0.4 is 0 Å². The van der Waals surface area contributed by atoms with Gasteiger partial charge in [0.05, 0.1) is 17.6 Å². The van der Waals surface area contributed by atoms with Crippen LogP contribution in [0.1, 0.15) is 40.5 Å². The zero-order chi connectivity index (χ0) is 20.3. The number of aliphatic hydroxyl groups excluding tert-OH is 2. The first-order valence-electron chi connectivity index (χ1n) is 9.29. The average Bonchev–Trinajstić information content (AvgIpc) is 2.89. The summed E-state index contributed by atoms with van der Waals surface area (Å²) in [5.74, 6) is -2.77. The van der Waals surface area contributed by atoms with Gasteiger partial charge in [-0.3, -0.25) is 0 Å². The van der Waals surface area contributed by atoms with Crippen molar-refractivity contribution in [3.8, 4) is 0 Å². The van der Waals surface area contributed by atoms with Crippen molar-refractivity contribution in [3.05, 3.63) is 23.8 Å². The summed E-state index contributed by atoms with van der Waals surface area (Å²) in [6, 6.07) is 0. The zero-order valence-corrected chi connectivity index (χ0v) is 16.1. The van der Waals surface area contributed by atoms with Crippen molar-refractivity contribution in [3.63, 3.8) is 0 Å². The highest BCUT2D eigenvalue weighted by molar-refractivity contribution is 5.92. The van der Waals surface area contributed by atoms with Crippen LogP contribution in [0.15, 0.2) is 23.8 Å². The van der Waals surface area contributed by atoms with Crippen molar-refractivity contribution in [2.45, 2.75) is 70.6 Å². The number of aliphatic hydroxyl groups is 3. The highest BCUT2D eigenvalue weighted by atomic mass is 16.6. The summed E-state index contributed by atoms with van der Waals surface area (Å²) < 4.78 is 11.1. The summed E-state index contributed by atoms with van der Waals surface area (Å²) in [6.45, 7) is 10.3. The smallest absolute Gasteiger partial charge is 0.334 e. The molecule has 0 aromatic heterocycles. The second-order valence-electron chi connectivity index (χ2n) is 8.46. The second kappa shape index (κ2) is 6.43. The van der Waals surface area contributed by atoms with Crippen LogP contribution in [0.5, 0.6) is 0 Å². The van der Waals surface area contributed by atoms with E-state index in [0.29, 0.717) is 12.0 Å². The molecule has 0 spiro atoms. The fourth-order valence-corrected chi connectivity index (χ4v) is 5.15. The third-order valence-corrected chi connectivity index (χ3v) is 6.87. The molecular formula is C20H28O7. The van der Waals surface area contributed by atoms with Crippen LogP contribution >= 0.6 is 0 Å². The van der Waals surface area contributed by atoms with Gasteiger partial charge in [-0.1, -0.05) is 19.6 Å². The van der Waals surface area contributed by atoms with Crippen molar-refractivity contribution in [1.29, 1.82) is 0 Å². The van der Waals surface area contributed by atoms with Gasteiger partial charge in [0, 0.05) is 22.5 Å². The molecule has 1 heterocycles. The van der Waals surface area contributed by atoms with E-state index >= 15 is 0 Å². The molecular weight excluding hydrogens is 352 g/mol. The number of carbonyl (C=O) groups is 2. The van der Waals surface area contributed by atoms with E-state index < -0.39 is 59.2 Å². The van der Waals surface area contributed by atoms with Crippen LogP contribution in [0.2, 0.25) is 0 Å². The lowest BCUT2D eigenvalue weighted by Crippen LogP contribution is -2.71. The summed E-state index contributed by atoms with van der Waals surface area (Å²) in [7, 11) is 0. The number of rotatable bonds is 2. The van der Waals surface area contributed by atoms with Crippen molar-refractivity contribution in [2.75, 3.05) is 0 Å². The molecule has 2 aliphatic carbocycles. The lowest BCUT2D eigenvalue weighted by molar-refractivity contribution is -0.271. The van der Waals surface area contributed by atoms with Crippen molar-refractivity contribution in [1.82, 2.24) is 0 Å². The van der Waals surface area contributed by atoms with Crippen LogP contribution in [-0.2, 0) is 19.1 Å². The molecule has 0 radical (unpaired) electrons. The highest BCUT2D eigenvalue weighted by Crippen LogP contribution is 2.59. The Kier molecular flexibility index (Phi) is 4.77. The van der Waals surface area contributed by atoms with Crippen LogP contribution in [0.3, 0.4) is 0 Å². The molecule has 3 N–H and O–H groups in total. The van der Waals surface area contributed by atoms with Gasteiger partial charge >= 0.3 is 11.9 Å².